The predicted octanol–water partition coefficient (Wildman–Crippen LogP) is 6.89. The second-order valence-electron chi connectivity index (χ2n) is 8.11. The van der Waals surface area contributed by atoms with Gasteiger partial charge in [-0.15, -0.1) is 11.3 Å². The van der Waals surface area contributed by atoms with Gasteiger partial charge in [0.25, 0.3) is 0 Å². The third kappa shape index (κ3) is 4.59. The van der Waals surface area contributed by atoms with Crippen molar-refractivity contribution in [3.63, 3.8) is 0 Å². The van der Waals surface area contributed by atoms with E-state index < -0.39 is 5.92 Å². The topological polar surface area (TPSA) is 46.6 Å². The van der Waals surface area contributed by atoms with E-state index in [1.165, 1.54) is 0 Å². The molecule has 0 atom stereocenters. The van der Waals surface area contributed by atoms with Gasteiger partial charge in [-0.25, -0.2) is 0 Å². The van der Waals surface area contributed by atoms with E-state index in [4.69, 9.17) is 4.74 Å². The van der Waals surface area contributed by atoms with Gasteiger partial charge in [-0.05, 0) is 35.7 Å². The summed E-state index contributed by atoms with van der Waals surface area (Å²) in [5.41, 5.74) is 3.10. The van der Waals surface area contributed by atoms with Gasteiger partial charge in [0.15, 0.2) is 11.6 Å². The SMILES string of the molecule is COc1ccc(N2C=C(C(=O)c3ccccc3)C(c3cccs3)C(C(=O)c3ccccc3)=C2)cc1. The number of thiophene rings is 1. The molecule has 1 aromatic heterocycles. The number of Topliss-reactive ketones (excluding diaryl/α,β-unsaturated/α-hetero) is 2. The largest absolute Gasteiger partial charge is 0.497 e. The average molecular weight is 478 g/mol. The van der Waals surface area contributed by atoms with Crippen molar-refractivity contribution in [2.24, 2.45) is 0 Å². The molecule has 4 nitrogen and oxygen atoms in total. The van der Waals surface area contributed by atoms with Crippen LogP contribution in [0.5, 0.6) is 5.75 Å². The Morgan fingerprint density at radius 2 is 1.26 bits per heavy atom. The Morgan fingerprint density at radius 3 is 1.71 bits per heavy atom. The molecule has 0 saturated carbocycles. The number of rotatable bonds is 7. The zero-order valence-corrected chi connectivity index (χ0v) is 19.9. The van der Waals surface area contributed by atoms with E-state index in [-0.39, 0.29) is 11.6 Å². The number of ether oxygens (including phenoxy) is 1. The van der Waals surface area contributed by atoms with Crippen molar-refractivity contribution in [3.05, 3.63) is 142 Å². The van der Waals surface area contributed by atoms with Crippen molar-refractivity contribution in [1.29, 1.82) is 0 Å². The molecular weight excluding hydrogens is 454 g/mol. The molecule has 172 valence electrons. The Hall–Kier alpha value is -4.22. The molecule has 5 rings (SSSR count). The summed E-state index contributed by atoms with van der Waals surface area (Å²) in [6.07, 6.45) is 3.70. The average Bonchev–Trinajstić information content (AvgIpc) is 3.47. The number of ketones is 2. The molecule has 1 aliphatic heterocycles. The van der Waals surface area contributed by atoms with Gasteiger partial charge in [-0.2, -0.15) is 0 Å². The fourth-order valence-corrected chi connectivity index (χ4v) is 5.07. The maximum absolute atomic E-state index is 13.8. The van der Waals surface area contributed by atoms with E-state index in [9.17, 15) is 9.59 Å². The Bertz CT molecular complexity index is 1320. The van der Waals surface area contributed by atoms with Crippen LogP contribution in [0, 0.1) is 0 Å². The van der Waals surface area contributed by atoms with Crippen LogP contribution in [0.25, 0.3) is 0 Å². The first kappa shape index (κ1) is 22.6. The zero-order valence-electron chi connectivity index (χ0n) is 19.1. The molecule has 5 heteroatoms. The van der Waals surface area contributed by atoms with Crippen molar-refractivity contribution < 1.29 is 14.3 Å². The van der Waals surface area contributed by atoms with Gasteiger partial charge in [0.1, 0.15) is 5.75 Å². The van der Waals surface area contributed by atoms with E-state index in [0.717, 1.165) is 16.3 Å². The van der Waals surface area contributed by atoms with Gasteiger partial charge in [0, 0.05) is 45.2 Å². The summed E-state index contributed by atoms with van der Waals surface area (Å²) >= 11 is 1.54. The number of allylic oxidation sites excluding steroid dienone is 2. The summed E-state index contributed by atoms with van der Waals surface area (Å²) < 4.78 is 5.30. The van der Waals surface area contributed by atoms with Crippen molar-refractivity contribution in [1.82, 2.24) is 0 Å². The first-order valence-electron chi connectivity index (χ1n) is 11.2. The van der Waals surface area contributed by atoms with E-state index in [1.807, 2.05) is 120 Å². The summed E-state index contributed by atoms with van der Waals surface area (Å²) in [5.74, 6) is 0.0595. The fourth-order valence-electron chi connectivity index (χ4n) is 4.21. The van der Waals surface area contributed by atoms with Gasteiger partial charge in [0.05, 0.1) is 13.0 Å². The Labute approximate surface area is 208 Å². The van der Waals surface area contributed by atoms with Crippen molar-refractivity contribution in [3.8, 4) is 5.75 Å². The summed E-state index contributed by atoms with van der Waals surface area (Å²) in [4.78, 5) is 30.5. The quantitative estimate of drug-likeness (QED) is 0.272. The lowest BCUT2D eigenvalue weighted by Crippen LogP contribution is -2.27. The normalized spacial score (nSPS) is 13.7. The molecule has 3 aromatic carbocycles. The van der Waals surface area contributed by atoms with Crippen LogP contribution in [0.15, 0.2) is 126 Å². The number of carbonyl (C=O) groups excluding carboxylic acids is 2. The van der Waals surface area contributed by atoms with Gasteiger partial charge in [0.2, 0.25) is 0 Å². The summed E-state index contributed by atoms with van der Waals surface area (Å²) in [6.45, 7) is 0. The smallest absolute Gasteiger partial charge is 0.191 e. The van der Waals surface area contributed by atoms with Crippen molar-refractivity contribution >= 4 is 28.6 Å². The maximum Gasteiger partial charge on any atom is 0.191 e. The molecule has 0 bridgehead atoms. The molecule has 0 N–H and O–H groups in total. The van der Waals surface area contributed by atoms with Crippen LogP contribution in [-0.4, -0.2) is 18.7 Å². The third-order valence-corrected chi connectivity index (χ3v) is 6.91. The highest BCUT2D eigenvalue weighted by molar-refractivity contribution is 7.10. The van der Waals surface area contributed by atoms with Crippen LogP contribution in [0.2, 0.25) is 0 Å². The second-order valence-corrected chi connectivity index (χ2v) is 9.09. The molecule has 0 radical (unpaired) electrons. The second kappa shape index (κ2) is 9.95. The molecule has 0 amide bonds. The minimum atomic E-state index is -0.468. The van der Waals surface area contributed by atoms with Gasteiger partial charge in [-0.1, -0.05) is 66.7 Å². The van der Waals surface area contributed by atoms with Crippen LogP contribution >= 0.6 is 11.3 Å². The molecule has 1 aliphatic rings. The van der Waals surface area contributed by atoms with Crippen LogP contribution in [0.3, 0.4) is 0 Å². The molecular formula is C30H23NO3S. The van der Waals surface area contributed by atoms with Crippen LogP contribution in [-0.2, 0) is 0 Å². The fraction of sp³-hybridized carbons (Fsp3) is 0.0667. The van der Waals surface area contributed by atoms with E-state index in [1.54, 1.807) is 18.4 Å². The Kier molecular flexibility index (Phi) is 6.42. The van der Waals surface area contributed by atoms with Crippen molar-refractivity contribution in [2.45, 2.75) is 5.92 Å². The van der Waals surface area contributed by atoms with E-state index >= 15 is 0 Å². The number of benzene rings is 3. The van der Waals surface area contributed by atoms with Crippen LogP contribution in [0.4, 0.5) is 5.69 Å². The number of methoxy groups -OCH3 is 1. The molecule has 0 unspecified atom stereocenters. The lowest BCUT2D eigenvalue weighted by Gasteiger charge is -2.30. The highest BCUT2D eigenvalue weighted by atomic mass is 32.1. The first-order valence-corrected chi connectivity index (χ1v) is 12.1. The van der Waals surface area contributed by atoms with Gasteiger partial charge >= 0.3 is 0 Å². The van der Waals surface area contributed by atoms with Crippen LogP contribution in [0.1, 0.15) is 31.5 Å². The van der Waals surface area contributed by atoms with Crippen LogP contribution < -0.4 is 9.64 Å². The minimum Gasteiger partial charge on any atom is -0.497 e. The van der Waals surface area contributed by atoms with Crippen molar-refractivity contribution in [2.75, 3.05) is 12.0 Å². The van der Waals surface area contributed by atoms with E-state index in [2.05, 4.69) is 0 Å². The molecule has 0 spiro atoms. The monoisotopic (exact) mass is 477 g/mol. The van der Waals surface area contributed by atoms with Gasteiger partial charge < -0.3 is 9.64 Å². The molecule has 0 aliphatic carbocycles. The van der Waals surface area contributed by atoms with E-state index in [0.29, 0.717) is 22.3 Å². The molecule has 2 heterocycles. The number of anilines is 1. The maximum atomic E-state index is 13.8. The Morgan fingerprint density at radius 1 is 0.714 bits per heavy atom. The standard InChI is InChI=1S/C30H23NO3S/c1-34-24-16-14-23(15-17-24)31-19-25(29(32)21-9-4-2-5-10-21)28(27-13-8-18-35-27)26(20-31)30(33)22-11-6-3-7-12-22/h2-20,28H,1H3. The van der Waals surface area contributed by atoms with Gasteiger partial charge in [-0.3, -0.25) is 9.59 Å². The summed E-state index contributed by atoms with van der Waals surface area (Å²) in [5, 5.41) is 1.97. The number of carbonyl (C=O) groups is 2. The molecule has 35 heavy (non-hydrogen) atoms. The lowest BCUT2D eigenvalue weighted by atomic mass is 9.81. The Balaban J connectivity index is 1.68. The summed E-state index contributed by atoms with van der Waals surface area (Å²) in [6, 6.07) is 29.9. The molecule has 4 aromatic rings. The number of hydrogen-bond acceptors (Lipinski definition) is 5. The lowest BCUT2D eigenvalue weighted by molar-refractivity contribution is 0.101. The number of hydrogen-bond donors (Lipinski definition) is 0. The highest BCUT2D eigenvalue weighted by Crippen LogP contribution is 2.42. The highest BCUT2D eigenvalue weighted by Gasteiger charge is 2.35. The molecule has 0 fully saturated rings. The zero-order chi connectivity index (χ0) is 24.2. The third-order valence-electron chi connectivity index (χ3n) is 5.97. The predicted molar refractivity (Wildman–Crippen MR) is 140 cm³/mol. The first-order chi connectivity index (χ1) is 17.2. The minimum absolute atomic E-state index is 0.103. The summed E-state index contributed by atoms with van der Waals surface area (Å²) in [7, 11) is 1.62. The number of nitrogens with zero attached hydrogens (tertiary/aromatic N) is 1. The molecule has 0 saturated heterocycles.